The third-order valence-electron chi connectivity index (χ3n) is 7.51. The fourth-order valence-corrected chi connectivity index (χ4v) is 6.96. The Hall–Kier alpha value is -1.65. The van der Waals surface area contributed by atoms with Crippen LogP contribution in [0.3, 0.4) is 0 Å². The largest absolute Gasteiger partial charge is 0.550 e. The number of likely N-dealkylation sites (tertiary alicyclic amines) is 1. The molecule has 1 amide bonds. The van der Waals surface area contributed by atoms with Gasteiger partial charge >= 0.3 is 0 Å². The summed E-state index contributed by atoms with van der Waals surface area (Å²) in [5.41, 5.74) is 5.71. The molecule has 5 saturated carbocycles. The number of rotatable bonds is 2. The molecule has 6 aliphatic rings. The summed E-state index contributed by atoms with van der Waals surface area (Å²) in [5, 5.41) is 29.1. The van der Waals surface area contributed by atoms with Crippen molar-refractivity contribution in [1.29, 1.82) is 5.26 Å². The number of fused-ring (bicyclic) bond motifs is 1. The van der Waals surface area contributed by atoms with Gasteiger partial charge in [-0.3, -0.25) is 4.79 Å². The van der Waals surface area contributed by atoms with E-state index in [9.17, 15) is 15.2 Å². The molecule has 0 spiro atoms. The van der Waals surface area contributed by atoms with Gasteiger partial charge in [0.2, 0.25) is 5.91 Å². The number of nitrogens with zero attached hydrogens (tertiary/aromatic N) is 2. The quantitative estimate of drug-likeness (QED) is 0.695. The lowest BCUT2D eigenvalue weighted by atomic mass is 9.46. The van der Waals surface area contributed by atoms with Crippen LogP contribution in [0.2, 0.25) is 0 Å². The molecule has 148 valence electrons. The molecule has 6 fully saturated rings. The molecule has 0 radical (unpaired) electrons. The molecular formula is C20H28N3O4-. The summed E-state index contributed by atoms with van der Waals surface area (Å²) >= 11 is 0. The van der Waals surface area contributed by atoms with Crippen LogP contribution in [0, 0.1) is 34.5 Å². The zero-order valence-corrected chi connectivity index (χ0v) is 15.8. The second-order valence-corrected chi connectivity index (χ2v) is 9.71. The molecule has 7 heteroatoms. The molecule has 5 aliphatic carbocycles. The zero-order chi connectivity index (χ0) is 19.6. The highest BCUT2D eigenvalue weighted by Crippen LogP contribution is 2.63. The Bertz CT molecular complexity index is 684. The van der Waals surface area contributed by atoms with E-state index in [0.29, 0.717) is 24.2 Å². The Labute approximate surface area is 159 Å². The van der Waals surface area contributed by atoms with Crippen LogP contribution in [0.25, 0.3) is 0 Å². The first-order valence-electron chi connectivity index (χ1n) is 10.0. The summed E-state index contributed by atoms with van der Waals surface area (Å²) in [4.78, 5) is 23.8. The van der Waals surface area contributed by atoms with Gasteiger partial charge in [-0.25, -0.2) is 0 Å². The predicted molar refractivity (Wildman–Crippen MR) is 93.5 cm³/mol. The highest BCUT2D eigenvalue weighted by Gasteiger charge is 2.62. The Balaban J connectivity index is 0.000000413. The van der Waals surface area contributed by atoms with E-state index in [1.165, 1.54) is 6.42 Å². The maximum absolute atomic E-state index is 13.1. The number of nitriles is 1. The number of amides is 1. The van der Waals surface area contributed by atoms with E-state index in [-0.39, 0.29) is 23.4 Å². The monoisotopic (exact) mass is 374 g/mol. The van der Waals surface area contributed by atoms with Crippen LogP contribution < -0.4 is 10.8 Å². The summed E-state index contributed by atoms with van der Waals surface area (Å²) in [6.45, 7) is 0.972. The molecule has 6 rings (SSSR count). The van der Waals surface area contributed by atoms with Crippen LogP contribution in [0.4, 0.5) is 0 Å². The summed E-state index contributed by atoms with van der Waals surface area (Å²) in [6, 6.07) is 1.72. The van der Waals surface area contributed by atoms with Gasteiger partial charge in [0, 0.05) is 12.0 Å². The van der Waals surface area contributed by atoms with Gasteiger partial charge in [0.15, 0.2) is 0 Å². The van der Waals surface area contributed by atoms with Crippen LogP contribution in [-0.2, 0) is 9.59 Å². The topological polar surface area (TPSA) is 130 Å². The van der Waals surface area contributed by atoms with Crippen molar-refractivity contribution in [1.82, 2.24) is 4.90 Å². The summed E-state index contributed by atoms with van der Waals surface area (Å²) in [7, 11) is 0. The smallest absolute Gasteiger partial charge is 0.241 e. The van der Waals surface area contributed by atoms with Crippen LogP contribution in [0.15, 0.2) is 0 Å². The third-order valence-corrected chi connectivity index (χ3v) is 7.51. The van der Waals surface area contributed by atoms with Crippen molar-refractivity contribution < 1.29 is 19.8 Å². The van der Waals surface area contributed by atoms with Crippen LogP contribution in [0.5, 0.6) is 0 Å². The maximum Gasteiger partial charge on any atom is 0.241 e. The lowest BCUT2D eigenvalue weighted by Gasteiger charge is -2.61. The van der Waals surface area contributed by atoms with Gasteiger partial charge in [-0.1, -0.05) is 0 Å². The molecule has 27 heavy (non-hydrogen) atoms. The summed E-state index contributed by atoms with van der Waals surface area (Å²) in [6.07, 6.45) is 7.48. The van der Waals surface area contributed by atoms with Gasteiger partial charge in [0.05, 0.1) is 17.7 Å². The van der Waals surface area contributed by atoms with Gasteiger partial charge in [-0.2, -0.15) is 5.26 Å². The second-order valence-electron chi connectivity index (χ2n) is 9.71. The first-order chi connectivity index (χ1) is 12.7. The molecular weight excluding hydrogens is 346 g/mol. The van der Waals surface area contributed by atoms with E-state index in [0.717, 1.165) is 45.4 Å². The van der Waals surface area contributed by atoms with Gasteiger partial charge in [0.25, 0.3) is 0 Å². The number of carboxylic acid groups (broad SMARTS) is 1. The minimum Gasteiger partial charge on any atom is -0.550 e. The number of aliphatic carboxylic acids is 1. The van der Waals surface area contributed by atoms with Crippen molar-refractivity contribution in [3.63, 3.8) is 0 Å². The Morgan fingerprint density at radius 1 is 1.22 bits per heavy atom. The molecule has 0 aromatic carbocycles. The lowest BCUT2D eigenvalue weighted by molar-refractivity contribution is -0.302. The van der Waals surface area contributed by atoms with Gasteiger partial charge < -0.3 is 25.6 Å². The molecule has 6 atom stereocenters. The van der Waals surface area contributed by atoms with Crippen molar-refractivity contribution in [3.8, 4) is 6.07 Å². The molecule has 0 aromatic rings. The first kappa shape index (κ1) is 18.7. The number of hydrogen-bond donors (Lipinski definition) is 2. The van der Waals surface area contributed by atoms with Crippen molar-refractivity contribution in [3.05, 3.63) is 0 Å². The molecule has 2 unspecified atom stereocenters. The fraction of sp³-hybridized carbons (Fsp3) is 0.850. The van der Waals surface area contributed by atoms with Crippen molar-refractivity contribution >= 4 is 11.9 Å². The van der Waals surface area contributed by atoms with Crippen molar-refractivity contribution in [2.75, 3.05) is 0 Å². The number of hydrogen-bond acceptors (Lipinski definition) is 6. The normalized spacial score (nSPS) is 46.7. The average molecular weight is 374 g/mol. The molecule has 7 nitrogen and oxygen atoms in total. The molecule has 0 aromatic heterocycles. The number of aliphatic hydroxyl groups is 1. The minimum absolute atomic E-state index is 0.0212. The molecule has 1 saturated heterocycles. The first-order valence-corrected chi connectivity index (χ1v) is 10.0. The van der Waals surface area contributed by atoms with E-state index in [1.54, 1.807) is 4.90 Å². The Morgan fingerprint density at radius 2 is 1.81 bits per heavy atom. The highest BCUT2D eigenvalue weighted by molar-refractivity contribution is 5.84. The van der Waals surface area contributed by atoms with E-state index in [2.05, 4.69) is 6.07 Å². The molecule has 1 heterocycles. The molecule has 1 aliphatic heterocycles. The summed E-state index contributed by atoms with van der Waals surface area (Å²) in [5.74, 6) is 0.474. The summed E-state index contributed by atoms with van der Waals surface area (Å²) < 4.78 is 0. The van der Waals surface area contributed by atoms with Gasteiger partial charge in [-0.15, -0.1) is 0 Å². The number of piperidine rings is 1. The van der Waals surface area contributed by atoms with Crippen LogP contribution >= 0.6 is 0 Å². The van der Waals surface area contributed by atoms with Gasteiger partial charge in [0.1, 0.15) is 6.04 Å². The SMILES string of the molecule is CC(=O)[O-].N#C[C@@H]1C[C@@H]2C[C@@H]2N1C(=O)[C@@H](N)C12CC3CC(CC(O)(C3)C1)C2. The van der Waals surface area contributed by atoms with Crippen LogP contribution in [-0.4, -0.2) is 45.6 Å². The highest BCUT2D eigenvalue weighted by atomic mass is 16.4. The number of carbonyl (C=O) groups excluding carboxylic acids is 2. The lowest BCUT2D eigenvalue weighted by Crippen LogP contribution is -2.64. The van der Waals surface area contributed by atoms with E-state index < -0.39 is 17.6 Å². The molecule has 3 N–H and O–H groups in total. The van der Waals surface area contributed by atoms with Crippen molar-refractivity contribution in [2.24, 2.45) is 28.9 Å². The standard InChI is InChI=1S/C18H25N3O2.C2H4O2/c19-8-13-2-12-3-14(12)21(13)16(22)15(20)17-4-10-1-11(5-17)7-18(23,6-10)9-17;1-2(3)4/h10-15,23H,1-7,9,20H2;1H3,(H,3,4)/p-1/t10?,11?,12-,13+,14+,15-,17?,18?;/m1./s1. The third kappa shape index (κ3) is 3.13. The number of carboxylic acids is 1. The average Bonchev–Trinajstić information content (AvgIpc) is 3.21. The fourth-order valence-electron chi connectivity index (χ4n) is 6.96. The van der Waals surface area contributed by atoms with E-state index in [1.807, 2.05) is 0 Å². The zero-order valence-electron chi connectivity index (χ0n) is 15.8. The predicted octanol–water partition coefficient (Wildman–Crippen LogP) is -0.0858. The molecule has 4 bridgehead atoms. The second kappa shape index (κ2) is 6.18. The Morgan fingerprint density at radius 3 is 2.33 bits per heavy atom. The van der Waals surface area contributed by atoms with Crippen LogP contribution in [0.1, 0.15) is 58.3 Å². The van der Waals surface area contributed by atoms with E-state index >= 15 is 0 Å². The maximum atomic E-state index is 13.1. The minimum atomic E-state index is -1.08. The number of nitrogens with two attached hydrogens (primary N) is 1. The van der Waals surface area contributed by atoms with Gasteiger partial charge in [-0.05, 0) is 81.5 Å². The van der Waals surface area contributed by atoms with Crippen molar-refractivity contribution in [2.45, 2.75) is 82.0 Å². The number of carbonyl (C=O) groups is 2. The Kier molecular flexibility index (Phi) is 4.28. The van der Waals surface area contributed by atoms with E-state index in [4.69, 9.17) is 15.6 Å².